The summed E-state index contributed by atoms with van der Waals surface area (Å²) in [6.45, 7) is 2.01. The smallest absolute Gasteiger partial charge is 0.366 e. The van der Waals surface area contributed by atoms with Gasteiger partial charge < -0.3 is 9.80 Å². The van der Waals surface area contributed by atoms with E-state index in [1.54, 1.807) is 17.0 Å². The SMILES string of the molecule is CC(=O)N(Cc1cc(C(F)(F)F)cc(C(F)(F)F)c1)C1CCCN(Cc2ccncc2)c2cc(C(F)(F)F)c(C)nc21. The number of hydrogen-bond donors (Lipinski definition) is 0. The molecule has 4 rings (SSSR count). The van der Waals surface area contributed by atoms with Gasteiger partial charge in [-0.05, 0) is 67.3 Å². The molecule has 2 aromatic heterocycles. The highest BCUT2D eigenvalue weighted by Crippen LogP contribution is 2.42. The van der Waals surface area contributed by atoms with Crippen LogP contribution in [0.1, 0.15) is 65.0 Å². The number of hydrogen-bond acceptors (Lipinski definition) is 4. The van der Waals surface area contributed by atoms with Crippen LogP contribution in [0.4, 0.5) is 45.2 Å². The number of fused-ring (bicyclic) bond motifs is 1. The quantitative estimate of drug-likeness (QED) is 0.280. The summed E-state index contributed by atoms with van der Waals surface area (Å²) in [5.74, 6) is -0.696. The first-order valence-corrected chi connectivity index (χ1v) is 12.7. The predicted molar refractivity (Wildman–Crippen MR) is 134 cm³/mol. The molecule has 0 spiro atoms. The minimum Gasteiger partial charge on any atom is -0.366 e. The lowest BCUT2D eigenvalue weighted by atomic mass is 10.00. The molecule has 226 valence electrons. The molecule has 14 heteroatoms. The normalized spacial score (nSPS) is 16.2. The van der Waals surface area contributed by atoms with Crippen molar-refractivity contribution in [2.45, 2.75) is 64.3 Å². The van der Waals surface area contributed by atoms with Crippen LogP contribution in [0.5, 0.6) is 0 Å². The van der Waals surface area contributed by atoms with Gasteiger partial charge in [-0.15, -0.1) is 0 Å². The van der Waals surface area contributed by atoms with E-state index in [2.05, 4.69) is 9.97 Å². The molecule has 0 radical (unpaired) electrons. The molecular formula is C28H25F9N4O. The summed E-state index contributed by atoms with van der Waals surface area (Å²) in [4.78, 5) is 23.8. The zero-order valence-electron chi connectivity index (χ0n) is 22.3. The Kier molecular flexibility index (Phi) is 8.47. The highest BCUT2D eigenvalue weighted by Gasteiger charge is 2.39. The second-order valence-corrected chi connectivity index (χ2v) is 10.0. The Labute approximate surface area is 235 Å². The number of pyridine rings is 2. The molecule has 1 aromatic carbocycles. The van der Waals surface area contributed by atoms with Crippen LogP contribution in [0.3, 0.4) is 0 Å². The van der Waals surface area contributed by atoms with E-state index >= 15 is 0 Å². The summed E-state index contributed by atoms with van der Waals surface area (Å²) in [5.41, 5.74) is -4.01. The van der Waals surface area contributed by atoms with Crippen LogP contribution in [-0.2, 0) is 36.4 Å². The number of halogens is 9. The maximum atomic E-state index is 13.9. The maximum Gasteiger partial charge on any atom is 0.418 e. The van der Waals surface area contributed by atoms with Crippen LogP contribution in [0.25, 0.3) is 0 Å². The third kappa shape index (κ3) is 6.96. The van der Waals surface area contributed by atoms with E-state index in [0.717, 1.165) is 30.4 Å². The van der Waals surface area contributed by atoms with Gasteiger partial charge in [0.1, 0.15) is 0 Å². The Morgan fingerprint density at radius 3 is 2.02 bits per heavy atom. The topological polar surface area (TPSA) is 49.3 Å². The number of amides is 1. The summed E-state index contributed by atoms with van der Waals surface area (Å²) < 4.78 is 123. The summed E-state index contributed by atoms with van der Waals surface area (Å²) >= 11 is 0. The number of alkyl halides is 9. The van der Waals surface area contributed by atoms with Crippen LogP contribution in [0, 0.1) is 6.92 Å². The van der Waals surface area contributed by atoms with E-state index in [0.29, 0.717) is 18.6 Å². The van der Waals surface area contributed by atoms with E-state index in [1.165, 1.54) is 12.4 Å². The van der Waals surface area contributed by atoms with Crippen molar-refractivity contribution in [3.63, 3.8) is 0 Å². The fraction of sp³-hybridized carbons (Fsp3) is 0.393. The lowest BCUT2D eigenvalue weighted by molar-refractivity contribution is -0.143. The fourth-order valence-corrected chi connectivity index (χ4v) is 5.06. The van der Waals surface area contributed by atoms with Crippen molar-refractivity contribution in [2.24, 2.45) is 0 Å². The molecule has 1 aliphatic heterocycles. The van der Waals surface area contributed by atoms with Crippen LogP contribution in [0.2, 0.25) is 0 Å². The Bertz CT molecular complexity index is 1400. The number of rotatable bonds is 5. The number of anilines is 1. The standard InChI is InChI=1S/C28H25F9N4O/c1-16-22(28(35,36)37)13-24-25(39-16)23(4-3-9-40(24)14-18-5-7-38-8-6-18)41(17(2)42)15-19-10-20(26(29,30)31)12-21(11-19)27(32,33)34/h5-8,10-13,23H,3-4,9,14-15H2,1-2H3. The third-order valence-corrected chi connectivity index (χ3v) is 6.99. The van der Waals surface area contributed by atoms with Gasteiger partial charge in [-0.25, -0.2) is 0 Å². The van der Waals surface area contributed by atoms with Gasteiger partial charge in [0.25, 0.3) is 0 Å². The second kappa shape index (κ2) is 11.4. The highest BCUT2D eigenvalue weighted by molar-refractivity contribution is 5.74. The van der Waals surface area contributed by atoms with E-state index in [1.807, 2.05) is 0 Å². The van der Waals surface area contributed by atoms with Gasteiger partial charge >= 0.3 is 18.5 Å². The maximum absolute atomic E-state index is 13.9. The molecule has 1 amide bonds. The first kappa shape index (κ1) is 31.1. The molecule has 3 aromatic rings. The number of carbonyl (C=O) groups excluding carboxylic acids is 1. The molecule has 0 N–H and O–H groups in total. The molecular weight excluding hydrogens is 579 g/mol. The van der Waals surface area contributed by atoms with Crippen LogP contribution in [0.15, 0.2) is 48.8 Å². The Hall–Kier alpha value is -3.84. The van der Waals surface area contributed by atoms with Crippen molar-refractivity contribution in [1.29, 1.82) is 0 Å². The monoisotopic (exact) mass is 604 g/mol. The molecule has 0 fully saturated rings. The van der Waals surface area contributed by atoms with Gasteiger partial charge in [0.2, 0.25) is 5.91 Å². The number of carbonyl (C=O) groups is 1. The van der Waals surface area contributed by atoms with Gasteiger partial charge in [0, 0.05) is 39.0 Å². The Balaban J connectivity index is 1.83. The average Bonchev–Trinajstić information content (AvgIpc) is 3.04. The predicted octanol–water partition coefficient (Wildman–Crippen LogP) is 7.73. The van der Waals surface area contributed by atoms with E-state index < -0.39 is 59.3 Å². The molecule has 0 saturated heterocycles. The molecule has 1 atom stereocenters. The number of nitrogens with zero attached hydrogens (tertiary/aromatic N) is 4. The molecule has 3 heterocycles. The molecule has 0 aliphatic carbocycles. The zero-order valence-corrected chi connectivity index (χ0v) is 22.3. The fourth-order valence-electron chi connectivity index (χ4n) is 5.06. The number of benzene rings is 1. The minimum absolute atomic E-state index is 0.0108. The molecule has 42 heavy (non-hydrogen) atoms. The molecule has 1 unspecified atom stereocenters. The van der Waals surface area contributed by atoms with Gasteiger partial charge in [-0.3, -0.25) is 14.8 Å². The largest absolute Gasteiger partial charge is 0.418 e. The average molecular weight is 605 g/mol. The van der Waals surface area contributed by atoms with Crippen LogP contribution < -0.4 is 4.90 Å². The van der Waals surface area contributed by atoms with E-state index in [9.17, 15) is 44.3 Å². The summed E-state index contributed by atoms with van der Waals surface area (Å²) in [6.07, 6.45) is -11.4. The van der Waals surface area contributed by atoms with Crippen molar-refractivity contribution in [1.82, 2.24) is 14.9 Å². The van der Waals surface area contributed by atoms with Gasteiger partial charge in [0.15, 0.2) is 0 Å². The second-order valence-electron chi connectivity index (χ2n) is 10.0. The number of aryl methyl sites for hydroxylation is 1. The minimum atomic E-state index is -5.09. The van der Waals surface area contributed by atoms with Gasteiger partial charge in [-0.2, -0.15) is 39.5 Å². The lowest BCUT2D eigenvalue weighted by Crippen LogP contribution is -2.34. The molecule has 0 saturated carbocycles. The van der Waals surface area contributed by atoms with Gasteiger partial charge in [0.05, 0.1) is 39.8 Å². The van der Waals surface area contributed by atoms with Crippen LogP contribution in [-0.4, -0.2) is 27.3 Å². The van der Waals surface area contributed by atoms with Crippen molar-refractivity contribution in [3.8, 4) is 0 Å². The molecule has 1 aliphatic rings. The summed E-state index contributed by atoms with van der Waals surface area (Å²) in [7, 11) is 0. The van der Waals surface area contributed by atoms with Gasteiger partial charge in [-0.1, -0.05) is 0 Å². The summed E-state index contributed by atoms with van der Waals surface area (Å²) in [6, 6.07) is 4.33. The van der Waals surface area contributed by atoms with E-state index in [4.69, 9.17) is 0 Å². The van der Waals surface area contributed by atoms with Crippen molar-refractivity contribution < 1.29 is 44.3 Å². The number of aromatic nitrogens is 2. The van der Waals surface area contributed by atoms with Crippen molar-refractivity contribution in [2.75, 3.05) is 11.4 Å². The van der Waals surface area contributed by atoms with Crippen molar-refractivity contribution >= 4 is 11.6 Å². The zero-order chi connectivity index (χ0) is 31.0. The Morgan fingerprint density at radius 2 is 1.50 bits per heavy atom. The third-order valence-electron chi connectivity index (χ3n) is 6.99. The highest BCUT2D eigenvalue weighted by atomic mass is 19.4. The summed E-state index contributed by atoms with van der Waals surface area (Å²) in [5, 5.41) is 0. The van der Waals surface area contributed by atoms with Crippen molar-refractivity contribution in [3.05, 3.63) is 88.0 Å². The van der Waals surface area contributed by atoms with Crippen LogP contribution >= 0.6 is 0 Å². The molecule has 5 nitrogen and oxygen atoms in total. The Morgan fingerprint density at radius 1 is 0.905 bits per heavy atom. The first-order chi connectivity index (χ1) is 19.4. The first-order valence-electron chi connectivity index (χ1n) is 12.7. The van der Waals surface area contributed by atoms with E-state index in [-0.39, 0.29) is 42.7 Å². The molecule has 0 bridgehead atoms. The lowest BCUT2D eigenvalue weighted by Gasteiger charge is -2.33.